The van der Waals surface area contributed by atoms with Crippen LogP contribution in [0.1, 0.15) is 40.5 Å². The minimum absolute atomic E-state index is 0.0261. The zero-order valence-corrected chi connectivity index (χ0v) is 10.2. The molecule has 0 saturated carbocycles. The summed E-state index contributed by atoms with van der Waals surface area (Å²) in [6.07, 6.45) is 6.11. The number of carbonyl (C=O) groups is 1. The first-order chi connectivity index (χ1) is 6.96. The van der Waals surface area contributed by atoms with Crippen LogP contribution in [-0.2, 0) is 9.53 Å². The minimum atomic E-state index is -0.0261. The average molecular weight is 210 g/mol. The second-order valence-corrected chi connectivity index (χ2v) is 5.27. The predicted octanol–water partition coefficient (Wildman–Crippen LogP) is 3.18. The number of ether oxygens (including phenoxy) is 1. The fourth-order valence-corrected chi connectivity index (χ4v) is 2.28. The molecule has 0 aromatic heterocycles. The van der Waals surface area contributed by atoms with Crippen molar-refractivity contribution in [1.82, 2.24) is 0 Å². The number of allylic oxidation sites excluding steroid dienone is 2. The Hall–Kier alpha value is -0.790. The van der Waals surface area contributed by atoms with Gasteiger partial charge in [-0.15, -0.1) is 0 Å². The summed E-state index contributed by atoms with van der Waals surface area (Å²) in [6, 6.07) is 0. The van der Waals surface area contributed by atoms with Crippen molar-refractivity contribution in [3.8, 4) is 0 Å². The first-order valence-electron chi connectivity index (χ1n) is 5.78. The van der Waals surface area contributed by atoms with Crippen molar-refractivity contribution < 1.29 is 9.53 Å². The topological polar surface area (TPSA) is 26.3 Å². The van der Waals surface area contributed by atoms with E-state index in [4.69, 9.17) is 4.74 Å². The van der Waals surface area contributed by atoms with Crippen LogP contribution in [-0.4, -0.2) is 12.6 Å². The maximum atomic E-state index is 11.8. The van der Waals surface area contributed by atoms with Crippen LogP contribution in [0.25, 0.3) is 0 Å². The average Bonchev–Trinajstić information content (AvgIpc) is 2.17. The highest BCUT2D eigenvalue weighted by Gasteiger charge is 2.37. The zero-order valence-electron chi connectivity index (χ0n) is 10.2. The van der Waals surface area contributed by atoms with Crippen molar-refractivity contribution in [2.75, 3.05) is 6.61 Å². The van der Waals surface area contributed by atoms with Crippen LogP contribution in [0.15, 0.2) is 12.2 Å². The highest BCUT2D eigenvalue weighted by Crippen LogP contribution is 2.39. The van der Waals surface area contributed by atoms with E-state index in [1.807, 2.05) is 6.92 Å². The van der Waals surface area contributed by atoms with Crippen molar-refractivity contribution in [2.45, 2.75) is 40.5 Å². The number of hydrogen-bond acceptors (Lipinski definition) is 2. The Kier molecular flexibility index (Phi) is 3.95. The van der Waals surface area contributed by atoms with Gasteiger partial charge in [0.15, 0.2) is 0 Å². The molecule has 0 heterocycles. The van der Waals surface area contributed by atoms with Gasteiger partial charge < -0.3 is 4.74 Å². The van der Waals surface area contributed by atoms with E-state index < -0.39 is 0 Å². The first kappa shape index (κ1) is 12.3. The van der Waals surface area contributed by atoms with Crippen molar-refractivity contribution in [3.63, 3.8) is 0 Å². The third kappa shape index (κ3) is 3.08. The van der Waals surface area contributed by atoms with Crippen molar-refractivity contribution in [1.29, 1.82) is 0 Å². The number of esters is 1. The van der Waals surface area contributed by atoms with Gasteiger partial charge in [-0.25, -0.2) is 0 Å². The van der Waals surface area contributed by atoms with Gasteiger partial charge >= 0.3 is 5.97 Å². The van der Waals surface area contributed by atoms with Gasteiger partial charge in [0.2, 0.25) is 0 Å². The summed E-state index contributed by atoms with van der Waals surface area (Å²) in [7, 11) is 0. The van der Waals surface area contributed by atoms with E-state index in [0.29, 0.717) is 12.5 Å². The second kappa shape index (κ2) is 4.82. The number of hydrogen-bond donors (Lipinski definition) is 0. The maximum Gasteiger partial charge on any atom is 0.309 e. The largest absolute Gasteiger partial charge is 0.466 e. The van der Waals surface area contributed by atoms with Gasteiger partial charge in [-0.3, -0.25) is 4.79 Å². The van der Waals surface area contributed by atoms with Crippen molar-refractivity contribution >= 4 is 5.97 Å². The summed E-state index contributed by atoms with van der Waals surface area (Å²) in [5.74, 6) is 0.429. The SMILES string of the molecule is CCOC(=O)C1CC=CC[C@@H]1C(C)(C)C. The Labute approximate surface area is 92.7 Å². The minimum Gasteiger partial charge on any atom is -0.466 e. The van der Waals surface area contributed by atoms with Crippen LogP contribution in [0.5, 0.6) is 0 Å². The summed E-state index contributed by atoms with van der Waals surface area (Å²) in [5.41, 5.74) is 0.169. The van der Waals surface area contributed by atoms with Crippen molar-refractivity contribution in [2.24, 2.45) is 17.3 Å². The lowest BCUT2D eigenvalue weighted by molar-refractivity contribution is -0.151. The van der Waals surface area contributed by atoms with E-state index in [1.54, 1.807) is 0 Å². The van der Waals surface area contributed by atoms with Crippen LogP contribution in [0, 0.1) is 17.3 Å². The first-order valence-corrected chi connectivity index (χ1v) is 5.78. The van der Waals surface area contributed by atoms with Crippen LogP contribution in [0.3, 0.4) is 0 Å². The number of rotatable bonds is 2. The molecule has 0 N–H and O–H groups in total. The van der Waals surface area contributed by atoms with Gasteiger partial charge in [-0.05, 0) is 31.1 Å². The van der Waals surface area contributed by atoms with Gasteiger partial charge in [0.05, 0.1) is 12.5 Å². The van der Waals surface area contributed by atoms with Crippen LogP contribution in [0.2, 0.25) is 0 Å². The molecule has 1 unspecified atom stereocenters. The Morgan fingerprint density at radius 3 is 2.47 bits per heavy atom. The molecule has 86 valence electrons. The predicted molar refractivity (Wildman–Crippen MR) is 61.4 cm³/mol. The molecule has 0 aliphatic heterocycles. The summed E-state index contributed by atoms with van der Waals surface area (Å²) >= 11 is 0. The van der Waals surface area contributed by atoms with Gasteiger partial charge in [0.1, 0.15) is 0 Å². The Bertz CT molecular complexity index is 248. The molecular formula is C13H22O2. The van der Waals surface area contributed by atoms with Crippen LogP contribution in [0.4, 0.5) is 0 Å². The quantitative estimate of drug-likeness (QED) is 0.517. The summed E-state index contributed by atoms with van der Waals surface area (Å²) < 4.78 is 5.13. The van der Waals surface area contributed by atoms with E-state index in [-0.39, 0.29) is 17.3 Å². The van der Waals surface area contributed by atoms with Gasteiger partial charge in [-0.1, -0.05) is 32.9 Å². The molecule has 0 aromatic rings. The molecule has 2 nitrogen and oxygen atoms in total. The van der Waals surface area contributed by atoms with E-state index in [2.05, 4.69) is 32.9 Å². The van der Waals surface area contributed by atoms with Crippen LogP contribution < -0.4 is 0 Å². The lowest BCUT2D eigenvalue weighted by Crippen LogP contribution is -2.35. The Morgan fingerprint density at radius 2 is 1.93 bits per heavy atom. The lowest BCUT2D eigenvalue weighted by Gasteiger charge is -2.36. The molecule has 0 spiro atoms. The maximum absolute atomic E-state index is 11.8. The molecule has 0 amide bonds. The molecule has 2 heteroatoms. The highest BCUT2D eigenvalue weighted by molar-refractivity contribution is 5.73. The monoisotopic (exact) mass is 210 g/mol. The Balaban J connectivity index is 2.76. The Morgan fingerprint density at radius 1 is 1.33 bits per heavy atom. The van der Waals surface area contributed by atoms with E-state index in [9.17, 15) is 4.79 Å². The molecule has 2 atom stereocenters. The molecule has 0 radical (unpaired) electrons. The third-order valence-corrected chi connectivity index (χ3v) is 3.13. The van der Waals surface area contributed by atoms with E-state index in [0.717, 1.165) is 12.8 Å². The number of carbonyl (C=O) groups excluding carboxylic acids is 1. The highest BCUT2D eigenvalue weighted by atomic mass is 16.5. The molecule has 0 bridgehead atoms. The molecular weight excluding hydrogens is 188 g/mol. The smallest absolute Gasteiger partial charge is 0.309 e. The van der Waals surface area contributed by atoms with E-state index in [1.165, 1.54) is 0 Å². The zero-order chi connectivity index (χ0) is 11.5. The van der Waals surface area contributed by atoms with Crippen LogP contribution >= 0.6 is 0 Å². The van der Waals surface area contributed by atoms with E-state index >= 15 is 0 Å². The molecule has 1 rings (SSSR count). The third-order valence-electron chi connectivity index (χ3n) is 3.13. The van der Waals surface area contributed by atoms with Gasteiger partial charge in [-0.2, -0.15) is 0 Å². The summed E-state index contributed by atoms with van der Waals surface area (Å²) in [4.78, 5) is 11.8. The van der Waals surface area contributed by atoms with Gasteiger partial charge in [0, 0.05) is 0 Å². The molecule has 1 aliphatic carbocycles. The lowest BCUT2D eigenvalue weighted by atomic mass is 9.68. The van der Waals surface area contributed by atoms with Gasteiger partial charge in [0.25, 0.3) is 0 Å². The normalized spacial score (nSPS) is 26.4. The molecule has 0 saturated heterocycles. The molecule has 0 aromatic carbocycles. The fourth-order valence-electron chi connectivity index (χ4n) is 2.28. The molecule has 0 fully saturated rings. The standard InChI is InChI=1S/C13H22O2/c1-5-15-12(14)10-8-6-7-9-11(10)13(2,3)4/h6-7,10-11H,5,8-9H2,1-4H3/t10?,11-/m0/s1. The second-order valence-electron chi connectivity index (χ2n) is 5.27. The van der Waals surface area contributed by atoms with Crippen molar-refractivity contribution in [3.05, 3.63) is 12.2 Å². The summed E-state index contributed by atoms with van der Waals surface area (Å²) in [6.45, 7) is 8.94. The summed E-state index contributed by atoms with van der Waals surface area (Å²) in [5, 5.41) is 0. The molecule has 1 aliphatic rings. The fraction of sp³-hybridized carbons (Fsp3) is 0.769. The molecule has 15 heavy (non-hydrogen) atoms.